The Morgan fingerprint density at radius 3 is 2.61 bits per heavy atom. The summed E-state index contributed by atoms with van der Waals surface area (Å²) < 4.78 is 27.8. The molecule has 2 aromatic carbocycles. The summed E-state index contributed by atoms with van der Waals surface area (Å²) >= 11 is 0. The molecular formula is C29H33F2N3O2. The van der Waals surface area contributed by atoms with Gasteiger partial charge in [-0.05, 0) is 78.6 Å². The van der Waals surface area contributed by atoms with E-state index in [4.69, 9.17) is 0 Å². The van der Waals surface area contributed by atoms with E-state index in [1.165, 1.54) is 39.9 Å². The van der Waals surface area contributed by atoms with Gasteiger partial charge in [-0.1, -0.05) is 31.2 Å². The van der Waals surface area contributed by atoms with Gasteiger partial charge in [0.1, 0.15) is 17.3 Å². The molecule has 0 saturated heterocycles. The number of aliphatic hydroxyl groups is 1. The number of aliphatic hydroxyl groups excluding tert-OH is 1. The lowest BCUT2D eigenvalue weighted by molar-refractivity contribution is 0.0426. The number of amides is 1. The first kappa shape index (κ1) is 25.9. The fourth-order valence-electron chi connectivity index (χ4n) is 5.00. The highest BCUT2D eigenvalue weighted by atomic mass is 19.1. The number of benzene rings is 2. The van der Waals surface area contributed by atoms with Gasteiger partial charge in [-0.2, -0.15) is 0 Å². The number of likely N-dealkylation sites (N-methyl/N-ethyl adjacent to an activating group) is 1. The van der Waals surface area contributed by atoms with E-state index in [1.54, 1.807) is 25.2 Å². The lowest BCUT2D eigenvalue weighted by Gasteiger charge is -2.34. The quantitative estimate of drug-likeness (QED) is 0.456. The smallest absolute Gasteiger partial charge is 0.272 e. The second kappa shape index (κ2) is 11.7. The van der Waals surface area contributed by atoms with Gasteiger partial charge in [0.2, 0.25) is 0 Å². The minimum Gasteiger partial charge on any atom is -0.390 e. The summed E-state index contributed by atoms with van der Waals surface area (Å²) in [7, 11) is 1.59. The SMILES string of the molecule is CCc1ccc2c(c1)C(NCC(O)C(Cc1cc(F)cc(F)c1)N(C)C(=O)c1ccccn1)CCC2. The Hall–Kier alpha value is -3.16. The van der Waals surface area contributed by atoms with E-state index >= 15 is 0 Å². The van der Waals surface area contributed by atoms with Crippen LogP contribution in [0.2, 0.25) is 0 Å². The number of aryl methyl sites for hydroxylation is 2. The van der Waals surface area contributed by atoms with Crippen LogP contribution >= 0.6 is 0 Å². The number of nitrogens with zero attached hydrogens (tertiary/aromatic N) is 2. The molecule has 0 spiro atoms. The molecule has 3 aromatic rings. The standard InChI is InChI=1S/C29H33F2N3O2/c1-3-19-10-11-21-7-6-9-25(24(21)15-19)33-18-28(35)27(16-20-13-22(30)17-23(31)14-20)34(2)29(36)26-8-4-5-12-32-26/h4-5,8,10-15,17,25,27-28,33,35H,3,6-7,9,16,18H2,1-2H3. The topological polar surface area (TPSA) is 65.5 Å². The average molecular weight is 494 g/mol. The van der Waals surface area contributed by atoms with E-state index in [9.17, 15) is 18.7 Å². The van der Waals surface area contributed by atoms with E-state index < -0.39 is 23.8 Å². The summed E-state index contributed by atoms with van der Waals surface area (Å²) in [6, 6.07) is 14.3. The van der Waals surface area contributed by atoms with E-state index in [-0.39, 0.29) is 30.6 Å². The van der Waals surface area contributed by atoms with Crippen LogP contribution in [0.3, 0.4) is 0 Å². The molecular weight excluding hydrogens is 460 g/mol. The zero-order valence-corrected chi connectivity index (χ0v) is 20.8. The molecule has 0 radical (unpaired) electrons. The van der Waals surface area contributed by atoms with Crippen molar-refractivity contribution in [3.05, 3.63) is 100 Å². The van der Waals surface area contributed by atoms with Crippen LogP contribution in [0.4, 0.5) is 8.78 Å². The van der Waals surface area contributed by atoms with Crippen LogP contribution in [0, 0.1) is 11.6 Å². The van der Waals surface area contributed by atoms with Crippen LogP contribution < -0.4 is 5.32 Å². The molecule has 7 heteroatoms. The summed E-state index contributed by atoms with van der Waals surface area (Å²) in [6.45, 7) is 2.35. The van der Waals surface area contributed by atoms with Crippen LogP contribution in [0.25, 0.3) is 0 Å². The number of halogens is 2. The molecule has 1 aromatic heterocycles. The Bertz CT molecular complexity index is 1170. The number of carbonyl (C=O) groups is 1. The first-order chi connectivity index (χ1) is 17.4. The molecule has 36 heavy (non-hydrogen) atoms. The molecule has 0 fully saturated rings. The van der Waals surface area contributed by atoms with Crippen molar-refractivity contribution in [3.63, 3.8) is 0 Å². The predicted octanol–water partition coefficient (Wildman–Crippen LogP) is 4.63. The minimum atomic E-state index is -0.978. The fourth-order valence-corrected chi connectivity index (χ4v) is 5.00. The van der Waals surface area contributed by atoms with Crippen LogP contribution in [-0.2, 0) is 19.3 Å². The van der Waals surface area contributed by atoms with E-state index in [0.717, 1.165) is 31.7 Å². The Morgan fingerprint density at radius 2 is 1.92 bits per heavy atom. The summed E-state index contributed by atoms with van der Waals surface area (Å²) in [5.41, 5.74) is 4.46. The predicted molar refractivity (Wildman–Crippen MR) is 136 cm³/mol. The van der Waals surface area contributed by atoms with Crippen molar-refractivity contribution in [1.82, 2.24) is 15.2 Å². The van der Waals surface area contributed by atoms with E-state index in [2.05, 4.69) is 35.4 Å². The number of rotatable bonds is 9. The molecule has 190 valence electrons. The molecule has 1 aliphatic rings. The van der Waals surface area contributed by atoms with Gasteiger partial charge in [0.05, 0.1) is 12.1 Å². The summed E-state index contributed by atoms with van der Waals surface area (Å²) in [6.07, 6.45) is 4.64. The number of pyridine rings is 1. The third kappa shape index (κ3) is 6.15. The van der Waals surface area contributed by atoms with Gasteiger partial charge < -0.3 is 15.3 Å². The van der Waals surface area contributed by atoms with Gasteiger partial charge in [0.15, 0.2) is 0 Å². The third-order valence-electron chi connectivity index (χ3n) is 7.02. The van der Waals surface area contributed by atoms with Gasteiger partial charge in [-0.3, -0.25) is 9.78 Å². The van der Waals surface area contributed by atoms with Crippen molar-refractivity contribution in [1.29, 1.82) is 0 Å². The van der Waals surface area contributed by atoms with E-state index in [0.29, 0.717) is 5.56 Å². The number of fused-ring (bicyclic) bond motifs is 1. The number of nitrogens with one attached hydrogen (secondary N) is 1. The number of aromatic nitrogens is 1. The fraction of sp³-hybridized carbons (Fsp3) is 0.379. The molecule has 3 atom stereocenters. The molecule has 2 N–H and O–H groups in total. The molecule has 5 nitrogen and oxygen atoms in total. The van der Waals surface area contributed by atoms with Crippen LogP contribution in [0.1, 0.15) is 58.5 Å². The summed E-state index contributed by atoms with van der Waals surface area (Å²) in [5.74, 6) is -1.76. The first-order valence-electron chi connectivity index (χ1n) is 12.5. The largest absolute Gasteiger partial charge is 0.390 e. The number of hydrogen-bond acceptors (Lipinski definition) is 4. The minimum absolute atomic E-state index is 0.0911. The normalized spacial score (nSPS) is 16.8. The average Bonchev–Trinajstić information content (AvgIpc) is 2.89. The maximum absolute atomic E-state index is 13.9. The Morgan fingerprint density at radius 1 is 1.14 bits per heavy atom. The Balaban J connectivity index is 1.54. The lowest BCUT2D eigenvalue weighted by Crippen LogP contribution is -2.50. The second-order valence-corrected chi connectivity index (χ2v) is 9.49. The maximum atomic E-state index is 13.9. The molecule has 3 unspecified atom stereocenters. The lowest BCUT2D eigenvalue weighted by atomic mass is 9.86. The zero-order chi connectivity index (χ0) is 25.7. The zero-order valence-electron chi connectivity index (χ0n) is 20.8. The Kier molecular flexibility index (Phi) is 8.44. The van der Waals surface area contributed by atoms with Crippen molar-refractivity contribution in [2.75, 3.05) is 13.6 Å². The van der Waals surface area contributed by atoms with Gasteiger partial charge in [0.25, 0.3) is 5.91 Å². The maximum Gasteiger partial charge on any atom is 0.272 e. The van der Waals surface area contributed by atoms with Crippen LogP contribution in [-0.4, -0.2) is 46.6 Å². The monoisotopic (exact) mass is 493 g/mol. The highest BCUT2D eigenvalue weighted by Gasteiger charge is 2.30. The van der Waals surface area contributed by atoms with Gasteiger partial charge in [0, 0.05) is 31.9 Å². The molecule has 1 aliphatic carbocycles. The van der Waals surface area contributed by atoms with Crippen molar-refractivity contribution < 1.29 is 18.7 Å². The van der Waals surface area contributed by atoms with Crippen LogP contribution in [0.5, 0.6) is 0 Å². The summed E-state index contributed by atoms with van der Waals surface area (Å²) in [5, 5.41) is 14.8. The molecule has 1 amide bonds. The summed E-state index contributed by atoms with van der Waals surface area (Å²) in [4.78, 5) is 18.7. The number of hydrogen-bond donors (Lipinski definition) is 2. The highest BCUT2D eigenvalue weighted by molar-refractivity contribution is 5.92. The molecule has 0 saturated carbocycles. The van der Waals surface area contributed by atoms with Crippen molar-refractivity contribution in [2.24, 2.45) is 0 Å². The van der Waals surface area contributed by atoms with Gasteiger partial charge in [-0.15, -0.1) is 0 Å². The van der Waals surface area contributed by atoms with Gasteiger partial charge in [-0.25, -0.2) is 8.78 Å². The molecule has 0 bridgehead atoms. The van der Waals surface area contributed by atoms with Gasteiger partial charge >= 0.3 is 0 Å². The van der Waals surface area contributed by atoms with Crippen molar-refractivity contribution >= 4 is 5.91 Å². The molecule has 0 aliphatic heterocycles. The van der Waals surface area contributed by atoms with E-state index in [1.807, 2.05) is 0 Å². The number of carbonyl (C=O) groups excluding carboxylic acids is 1. The second-order valence-electron chi connectivity index (χ2n) is 9.49. The highest BCUT2D eigenvalue weighted by Crippen LogP contribution is 2.31. The van der Waals surface area contributed by atoms with Crippen molar-refractivity contribution in [3.8, 4) is 0 Å². The molecule has 4 rings (SSSR count). The Labute approximate surface area is 211 Å². The third-order valence-corrected chi connectivity index (χ3v) is 7.02. The van der Waals surface area contributed by atoms with Crippen LogP contribution in [0.15, 0.2) is 60.8 Å². The first-order valence-corrected chi connectivity index (χ1v) is 12.5. The van der Waals surface area contributed by atoms with Crippen molar-refractivity contribution in [2.45, 2.75) is 57.2 Å². The molecule has 1 heterocycles.